The molecule has 38 heavy (non-hydrogen) atoms. The van der Waals surface area contributed by atoms with Crippen LogP contribution in [0.1, 0.15) is 51.4 Å². The van der Waals surface area contributed by atoms with Gasteiger partial charge in [0.05, 0.1) is 5.69 Å². The number of ether oxygens (including phenoxy) is 1. The van der Waals surface area contributed by atoms with Crippen molar-refractivity contribution in [3.05, 3.63) is 71.5 Å². The third-order valence-electron chi connectivity index (χ3n) is 6.38. The molecule has 0 bridgehead atoms. The van der Waals surface area contributed by atoms with Gasteiger partial charge in [0, 0.05) is 43.9 Å². The van der Waals surface area contributed by atoms with E-state index < -0.39 is 5.60 Å². The lowest BCUT2D eigenvalue weighted by Gasteiger charge is -2.33. The molecule has 10 heteroatoms. The van der Waals surface area contributed by atoms with Crippen molar-refractivity contribution in [3.63, 3.8) is 0 Å². The van der Waals surface area contributed by atoms with Crippen LogP contribution in [0.25, 0.3) is 11.3 Å². The Labute approximate surface area is 235 Å². The van der Waals surface area contributed by atoms with Crippen molar-refractivity contribution < 1.29 is 9.53 Å². The number of nitrogens with zero attached hydrogens (tertiary/aromatic N) is 5. The van der Waals surface area contributed by atoms with Crippen LogP contribution >= 0.6 is 24.0 Å². The predicted octanol–water partition coefficient (Wildman–Crippen LogP) is 6.18. The highest BCUT2D eigenvalue weighted by molar-refractivity contribution is 6.29. The molecule has 0 radical (unpaired) electrons. The highest BCUT2D eigenvalue weighted by Crippen LogP contribution is 2.22. The van der Waals surface area contributed by atoms with Gasteiger partial charge in [-0.05, 0) is 83.7 Å². The molecule has 8 nitrogen and oxygen atoms in total. The Hall–Kier alpha value is -2.81. The normalized spacial score (nSPS) is 14.2. The van der Waals surface area contributed by atoms with Crippen LogP contribution in [0.4, 0.5) is 4.79 Å². The van der Waals surface area contributed by atoms with Gasteiger partial charge in [0.1, 0.15) is 22.0 Å². The molecule has 1 N–H and O–H groups in total. The van der Waals surface area contributed by atoms with Gasteiger partial charge >= 0.3 is 6.09 Å². The topological polar surface area (TPSA) is 76.2 Å². The largest absolute Gasteiger partial charge is 0.444 e. The van der Waals surface area contributed by atoms with E-state index in [2.05, 4.69) is 25.8 Å². The number of imidazole rings is 2. The second kappa shape index (κ2) is 13.3. The van der Waals surface area contributed by atoms with Gasteiger partial charge in [0.2, 0.25) is 0 Å². The minimum atomic E-state index is -0.421. The van der Waals surface area contributed by atoms with Crippen LogP contribution < -0.4 is 5.32 Å². The summed E-state index contributed by atoms with van der Waals surface area (Å²) in [7, 11) is 0. The molecule has 1 aliphatic heterocycles. The minimum absolute atomic E-state index is 0. The molecule has 0 spiro atoms. The third-order valence-corrected chi connectivity index (χ3v) is 6.69. The zero-order valence-corrected chi connectivity index (χ0v) is 24.1. The zero-order valence-electron chi connectivity index (χ0n) is 22.6. The van der Waals surface area contributed by atoms with E-state index in [1.165, 1.54) is 5.69 Å². The molecule has 0 aliphatic carbocycles. The molecule has 1 fully saturated rings. The van der Waals surface area contributed by atoms with Crippen molar-refractivity contribution in [2.45, 2.75) is 59.1 Å². The van der Waals surface area contributed by atoms with Crippen LogP contribution in [0, 0.1) is 12.8 Å². The van der Waals surface area contributed by atoms with Gasteiger partial charge in [-0.3, -0.25) is 4.40 Å². The first-order chi connectivity index (χ1) is 17.7. The summed E-state index contributed by atoms with van der Waals surface area (Å²) in [6, 6.07) is 11.9. The molecule has 0 unspecified atom stereocenters. The molecule has 1 aliphatic rings. The van der Waals surface area contributed by atoms with Gasteiger partial charge in [-0.1, -0.05) is 23.7 Å². The number of halogens is 2. The second-order valence-corrected chi connectivity index (χ2v) is 10.9. The van der Waals surface area contributed by atoms with E-state index in [1.54, 1.807) is 0 Å². The maximum atomic E-state index is 12.1. The van der Waals surface area contributed by atoms with Crippen LogP contribution in [-0.4, -0.2) is 55.0 Å². The zero-order chi connectivity index (χ0) is 26.4. The van der Waals surface area contributed by atoms with Crippen molar-refractivity contribution >= 4 is 41.4 Å². The number of likely N-dealkylation sites (tertiary alicyclic amines) is 1. The highest BCUT2D eigenvalue weighted by atomic mass is 35.5. The fourth-order valence-corrected chi connectivity index (χ4v) is 4.71. The first kappa shape index (κ1) is 29.7. The fraction of sp³-hybridized carbons (Fsp3) is 0.464. The van der Waals surface area contributed by atoms with Gasteiger partial charge in [-0.25, -0.2) is 14.8 Å². The average molecular weight is 562 g/mol. The summed E-state index contributed by atoms with van der Waals surface area (Å²) in [6.07, 6.45) is 8.81. The fourth-order valence-electron chi connectivity index (χ4n) is 4.50. The number of aryl methyl sites for hydroxylation is 1. The second-order valence-electron chi connectivity index (χ2n) is 10.5. The van der Waals surface area contributed by atoms with Crippen LogP contribution in [0.5, 0.6) is 0 Å². The number of hydrogen-bond donors (Lipinski definition) is 1. The van der Waals surface area contributed by atoms with Gasteiger partial charge in [0.25, 0.3) is 0 Å². The average Bonchev–Trinajstić information content (AvgIpc) is 3.49. The lowest BCUT2D eigenvalue weighted by Crippen LogP contribution is -2.42. The van der Waals surface area contributed by atoms with Crippen LogP contribution in [0.2, 0.25) is 5.15 Å². The van der Waals surface area contributed by atoms with E-state index in [-0.39, 0.29) is 18.5 Å². The SMILES string of the molecule is CC(C)(C)OC(=O)N1CCC(CCNCc2cccc3nccn23)CC1.Cc1cn2c(Cl)cccc2n1.Cl. The standard InChI is InChI=1S/C20H30N4O2.C8H7ClN2.ClH/c1-20(2,3)26-19(25)23-12-8-16(9-13-23)7-10-21-15-17-5-4-6-18-22-11-14-24(17)18;1-6-5-11-7(9)3-2-4-8(11)10-6;/h4-6,11,14,16,21H,7-10,12-13,15H2,1-3H3;2-5H,1H3;1H. The molecule has 0 atom stereocenters. The van der Waals surface area contributed by atoms with E-state index in [0.717, 1.165) is 62.4 Å². The molecule has 0 aromatic carbocycles. The number of aromatic nitrogens is 4. The van der Waals surface area contributed by atoms with Crippen LogP contribution in [0.3, 0.4) is 0 Å². The molecule has 5 heterocycles. The van der Waals surface area contributed by atoms with Crippen molar-refractivity contribution in [3.8, 4) is 0 Å². The number of carbonyl (C=O) groups is 1. The Bertz CT molecular complexity index is 1320. The van der Waals surface area contributed by atoms with Crippen LogP contribution in [0.15, 0.2) is 55.0 Å². The number of carbonyl (C=O) groups excluding carboxylic acids is 1. The summed E-state index contributed by atoms with van der Waals surface area (Å²) >= 11 is 5.89. The van der Waals surface area contributed by atoms with Gasteiger partial charge in [-0.2, -0.15) is 0 Å². The summed E-state index contributed by atoms with van der Waals surface area (Å²) in [4.78, 5) is 22.5. The van der Waals surface area contributed by atoms with Crippen molar-refractivity contribution in [2.24, 2.45) is 5.92 Å². The maximum Gasteiger partial charge on any atom is 0.410 e. The Morgan fingerprint density at radius 1 is 1.11 bits per heavy atom. The molecule has 4 aromatic heterocycles. The lowest BCUT2D eigenvalue weighted by molar-refractivity contribution is 0.0181. The van der Waals surface area contributed by atoms with Crippen molar-refractivity contribution in [1.29, 1.82) is 0 Å². The molecule has 1 saturated heterocycles. The van der Waals surface area contributed by atoms with Gasteiger partial charge < -0.3 is 19.4 Å². The molecule has 206 valence electrons. The highest BCUT2D eigenvalue weighted by Gasteiger charge is 2.26. The molecular formula is C28H38Cl2N6O2. The Morgan fingerprint density at radius 2 is 1.82 bits per heavy atom. The van der Waals surface area contributed by atoms with Gasteiger partial charge in [-0.15, -0.1) is 12.4 Å². The summed E-state index contributed by atoms with van der Waals surface area (Å²) in [6.45, 7) is 11.1. The third kappa shape index (κ3) is 8.09. The summed E-state index contributed by atoms with van der Waals surface area (Å²) in [5.74, 6) is 0.672. The van der Waals surface area contributed by atoms with Crippen molar-refractivity contribution in [2.75, 3.05) is 19.6 Å². The Balaban J connectivity index is 0.000000278. The van der Waals surface area contributed by atoms with E-state index >= 15 is 0 Å². The number of rotatable bonds is 5. The molecular weight excluding hydrogens is 523 g/mol. The monoisotopic (exact) mass is 560 g/mol. The predicted molar refractivity (Wildman–Crippen MR) is 154 cm³/mol. The summed E-state index contributed by atoms with van der Waals surface area (Å²) < 4.78 is 9.43. The number of amides is 1. The Morgan fingerprint density at radius 3 is 2.53 bits per heavy atom. The molecule has 1 amide bonds. The lowest BCUT2D eigenvalue weighted by atomic mass is 9.94. The quantitative estimate of drug-likeness (QED) is 0.233. The van der Waals surface area contributed by atoms with Crippen molar-refractivity contribution in [1.82, 2.24) is 29.0 Å². The van der Waals surface area contributed by atoms with Crippen LogP contribution in [-0.2, 0) is 11.3 Å². The number of pyridine rings is 2. The first-order valence-electron chi connectivity index (χ1n) is 12.9. The van der Waals surface area contributed by atoms with E-state index in [4.69, 9.17) is 16.3 Å². The number of nitrogens with one attached hydrogen (secondary N) is 1. The molecule has 5 rings (SSSR count). The van der Waals surface area contributed by atoms with E-state index in [1.807, 2.05) is 85.9 Å². The minimum Gasteiger partial charge on any atom is -0.444 e. The summed E-state index contributed by atoms with van der Waals surface area (Å²) in [5, 5.41) is 4.24. The summed E-state index contributed by atoms with van der Waals surface area (Å²) in [5.41, 5.74) is 3.67. The molecule has 4 aromatic rings. The van der Waals surface area contributed by atoms with E-state index in [9.17, 15) is 4.79 Å². The number of piperidine rings is 1. The maximum absolute atomic E-state index is 12.1. The van der Waals surface area contributed by atoms with E-state index in [0.29, 0.717) is 11.1 Å². The number of fused-ring (bicyclic) bond motifs is 2. The smallest absolute Gasteiger partial charge is 0.410 e. The van der Waals surface area contributed by atoms with Gasteiger partial charge in [0.15, 0.2) is 0 Å². The number of hydrogen-bond acceptors (Lipinski definition) is 5. The first-order valence-corrected chi connectivity index (χ1v) is 13.3. The Kier molecular flexibility index (Phi) is 10.4. The molecule has 0 saturated carbocycles.